The number of hydrogen-bond donors (Lipinski definition) is 3. The van der Waals surface area contributed by atoms with E-state index in [0.29, 0.717) is 37.4 Å². The first-order chi connectivity index (χ1) is 10.1. The number of rotatable bonds is 7. The SMILES string of the molecule is O=[N+]([O-])c1ccc(CO)cc1NCC1(CCO)CCOC1. The van der Waals surface area contributed by atoms with Gasteiger partial charge >= 0.3 is 0 Å². The third kappa shape index (κ3) is 3.69. The van der Waals surface area contributed by atoms with Crippen molar-refractivity contribution in [2.75, 3.05) is 31.7 Å². The van der Waals surface area contributed by atoms with Crippen LogP contribution in [0.2, 0.25) is 0 Å². The first kappa shape index (κ1) is 15.7. The quantitative estimate of drug-likeness (QED) is 0.517. The number of nitro benzene ring substituents is 1. The van der Waals surface area contributed by atoms with Crippen LogP contribution in [-0.2, 0) is 11.3 Å². The molecule has 1 aromatic carbocycles. The van der Waals surface area contributed by atoms with Crippen LogP contribution < -0.4 is 5.32 Å². The van der Waals surface area contributed by atoms with Crippen LogP contribution >= 0.6 is 0 Å². The molecule has 7 nitrogen and oxygen atoms in total. The Kier molecular flexibility index (Phi) is 5.11. The van der Waals surface area contributed by atoms with Gasteiger partial charge in [-0.3, -0.25) is 10.1 Å². The van der Waals surface area contributed by atoms with Crippen LogP contribution in [0.4, 0.5) is 11.4 Å². The molecule has 1 fully saturated rings. The lowest BCUT2D eigenvalue weighted by Gasteiger charge is -2.27. The van der Waals surface area contributed by atoms with E-state index in [4.69, 9.17) is 9.84 Å². The highest BCUT2D eigenvalue weighted by Gasteiger charge is 2.34. The number of nitro groups is 1. The minimum absolute atomic E-state index is 0.0229. The third-order valence-electron chi connectivity index (χ3n) is 3.92. The first-order valence-electron chi connectivity index (χ1n) is 6.91. The summed E-state index contributed by atoms with van der Waals surface area (Å²) in [4.78, 5) is 10.6. The topological polar surface area (TPSA) is 105 Å². The fourth-order valence-electron chi connectivity index (χ4n) is 2.58. The number of benzene rings is 1. The summed E-state index contributed by atoms with van der Waals surface area (Å²) in [7, 11) is 0. The molecule has 3 N–H and O–H groups in total. The number of ether oxygens (including phenoxy) is 1. The highest BCUT2D eigenvalue weighted by Crippen LogP contribution is 2.34. The Bertz CT molecular complexity index is 500. The van der Waals surface area contributed by atoms with E-state index in [1.807, 2.05) is 0 Å². The average molecular weight is 296 g/mol. The molecule has 0 saturated carbocycles. The summed E-state index contributed by atoms with van der Waals surface area (Å²) < 4.78 is 5.40. The third-order valence-corrected chi connectivity index (χ3v) is 3.92. The van der Waals surface area contributed by atoms with Crippen molar-refractivity contribution in [2.24, 2.45) is 5.41 Å². The predicted molar refractivity (Wildman–Crippen MR) is 77.1 cm³/mol. The second kappa shape index (κ2) is 6.84. The molecule has 21 heavy (non-hydrogen) atoms. The Morgan fingerprint density at radius 2 is 2.24 bits per heavy atom. The first-order valence-corrected chi connectivity index (χ1v) is 6.91. The molecule has 1 atom stereocenters. The fraction of sp³-hybridized carbons (Fsp3) is 0.571. The summed E-state index contributed by atoms with van der Waals surface area (Å²) in [5, 5.41) is 32.5. The van der Waals surface area contributed by atoms with Gasteiger partial charge in [0.25, 0.3) is 5.69 Å². The number of nitrogens with zero attached hydrogens (tertiary/aromatic N) is 1. The number of anilines is 1. The van der Waals surface area contributed by atoms with Crippen molar-refractivity contribution >= 4 is 11.4 Å². The normalized spacial score (nSPS) is 21.4. The standard InChI is InChI=1S/C14H20N2O5/c17-5-3-14(4-6-21-10-14)9-15-12-7-11(8-18)1-2-13(12)16(19)20/h1-2,7,15,17-18H,3-6,8-10H2. The van der Waals surface area contributed by atoms with Crippen LogP contribution in [0.1, 0.15) is 18.4 Å². The Hall–Kier alpha value is -1.70. The lowest BCUT2D eigenvalue weighted by atomic mass is 9.84. The van der Waals surface area contributed by atoms with Crippen LogP contribution in [0, 0.1) is 15.5 Å². The van der Waals surface area contributed by atoms with Gasteiger partial charge in [-0.15, -0.1) is 0 Å². The Labute approximate surface area is 122 Å². The van der Waals surface area contributed by atoms with Gasteiger partial charge in [-0.1, -0.05) is 0 Å². The molecule has 2 rings (SSSR count). The molecule has 0 aromatic heterocycles. The largest absolute Gasteiger partial charge is 0.396 e. The zero-order chi connectivity index (χ0) is 15.3. The van der Waals surface area contributed by atoms with Crippen LogP contribution in [0.5, 0.6) is 0 Å². The summed E-state index contributed by atoms with van der Waals surface area (Å²) in [6.07, 6.45) is 1.40. The highest BCUT2D eigenvalue weighted by molar-refractivity contribution is 5.62. The number of aliphatic hydroxyl groups excluding tert-OH is 2. The smallest absolute Gasteiger partial charge is 0.292 e. The second-order valence-corrected chi connectivity index (χ2v) is 5.40. The molecule has 0 amide bonds. The molecular formula is C14H20N2O5. The molecule has 0 bridgehead atoms. The minimum atomic E-state index is -0.451. The molecule has 1 aromatic rings. The van der Waals surface area contributed by atoms with Crippen LogP contribution in [-0.4, -0.2) is 41.5 Å². The zero-order valence-electron chi connectivity index (χ0n) is 11.7. The molecule has 7 heteroatoms. The van der Waals surface area contributed by atoms with Gasteiger partial charge in [-0.05, 0) is 30.5 Å². The molecule has 0 radical (unpaired) electrons. The van der Waals surface area contributed by atoms with Gasteiger partial charge < -0.3 is 20.3 Å². The summed E-state index contributed by atoms with van der Waals surface area (Å²) in [5.74, 6) is 0. The lowest BCUT2D eigenvalue weighted by molar-refractivity contribution is -0.384. The van der Waals surface area contributed by atoms with Crippen molar-refractivity contribution in [2.45, 2.75) is 19.4 Å². The molecule has 0 aliphatic carbocycles. The van der Waals surface area contributed by atoms with Crippen LogP contribution in [0.15, 0.2) is 18.2 Å². The maximum Gasteiger partial charge on any atom is 0.292 e. The lowest BCUT2D eigenvalue weighted by Crippen LogP contribution is -2.31. The molecule has 1 aliphatic rings. The predicted octanol–water partition coefficient (Wildman–Crippen LogP) is 1.29. The monoisotopic (exact) mass is 296 g/mol. The van der Waals surface area contributed by atoms with E-state index in [1.165, 1.54) is 12.1 Å². The van der Waals surface area contributed by atoms with Gasteiger partial charge in [-0.2, -0.15) is 0 Å². The molecule has 1 saturated heterocycles. The summed E-state index contributed by atoms with van der Waals surface area (Å²) in [5.41, 5.74) is 0.778. The van der Waals surface area contributed by atoms with Gasteiger partial charge in [-0.25, -0.2) is 0 Å². The van der Waals surface area contributed by atoms with Gasteiger partial charge in [0, 0.05) is 31.2 Å². The number of aliphatic hydroxyl groups is 2. The Morgan fingerprint density at radius 1 is 1.43 bits per heavy atom. The van der Waals surface area contributed by atoms with E-state index in [1.54, 1.807) is 6.07 Å². The fourth-order valence-corrected chi connectivity index (χ4v) is 2.58. The van der Waals surface area contributed by atoms with E-state index in [2.05, 4.69) is 5.32 Å². The van der Waals surface area contributed by atoms with Crippen molar-refractivity contribution in [1.82, 2.24) is 0 Å². The van der Waals surface area contributed by atoms with Crippen molar-refractivity contribution in [3.8, 4) is 0 Å². The molecule has 1 unspecified atom stereocenters. The molecule has 1 aliphatic heterocycles. The van der Waals surface area contributed by atoms with Crippen molar-refractivity contribution in [3.05, 3.63) is 33.9 Å². The van der Waals surface area contributed by atoms with Crippen molar-refractivity contribution in [1.29, 1.82) is 0 Å². The van der Waals surface area contributed by atoms with E-state index < -0.39 is 4.92 Å². The van der Waals surface area contributed by atoms with E-state index in [-0.39, 0.29) is 24.3 Å². The van der Waals surface area contributed by atoms with Crippen LogP contribution in [0.3, 0.4) is 0 Å². The minimum Gasteiger partial charge on any atom is -0.396 e. The van der Waals surface area contributed by atoms with Gasteiger partial charge in [0.15, 0.2) is 0 Å². The summed E-state index contributed by atoms with van der Waals surface area (Å²) in [6.45, 7) is 1.55. The Balaban J connectivity index is 2.15. The number of nitrogens with one attached hydrogen (secondary N) is 1. The maximum absolute atomic E-state index is 11.1. The molecular weight excluding hydrogens is 276 g/mol. The second-order valence-electron chi connectivity index (χ2n) is 5.40. The summed E-state index contributed by atoms with van der Waals surface area (Å²) >= 11 is 0. The van der Waals surface area contributed by atoms with Crippen LogP contribution in [0.25, 0.3) is 0 Å². The molecule has 116 valence electrons. The van der Waals surface area contributed by atoms with E-state index >= 15 is 0 Å². The van der Waals surface area contributed by atoms with Gasteiger partial charge in [0.2, 0.25) is 0 Å². The van der Waals surface area contributed by atoms with E-state index in [0.717, 1.165) is 6.42 Å². The highest BCUT2D eigenvalue weighted by atomic mass is 16.6. The molecule has 1 heterocycles. The van der Waals surface area contributed by atoms with E-state index in [9.17, 15) is 15.2 Å². The molecule has 0 spiro atoms. The van der Waals surface area contributed by atoms with Gasteiger partial charge in [0.05, 0.1) is 18.1 Å². The summed E-state index contributed by atoms with van der Waals surface area (Å²) in [6, 6.07) is 4.50. The van der Waals surface area contributed by atoms with Crippen molar-refractivity contribution in [3.63, 3.8) is 0 Å². The average Bonchev–Trinajstić information content (AvgIpc) is 2.94. The zero-order valence-corrected chi connectivity index (χ0v) is 11.7. The Morgan fingerprint density at radius 3 is 2.81 bits per heavy atom. The van der Waals surface area contributed by atoms with Crippen molar-refractivity contribution < 1.29 is 19.9 Å². The maximum atomic E-state index is 11.1. The number of hydrogen-bond acceptors (Lipinski definition) is 6. The van der Waals surface area contributed by atoms with Gasteiger partial charge in [0.1, 0.15) is 5.69 Å².